The second kappa shape index (κ2) is 7.04. The van der Waals surface area contributed by atoms with Gasteiger partial charge in [-0.1, -0.05) is 60.7 Å². The van der Waals surface area contributed by atoms with Crippen LogP contribution in [0.3, 0.4) is 0 Å². The van der Waals surface area contributed by atoms with Crippen LogP contribution < -0.4 is 0 Å². The van der Waals surface area contributed by atoms with E-state index in [9.17, 15) is 10.3 Å². The molecule has 0 fully saturated rings. The lowest BCUT2D eigenvalue weighted by Gasteiger charge is -2.22. The van der Waals surface area contributed by atoms with Gasteiger partial charge in [-0.15, -0.1) is 10.3 Å². The highest BCUT2D eigenvalue weighted by atomic mass is 16.5. The van der Waals surface area contributed by atoms with Crippen LogP contribution in [-0.4, -0.2) is 22.8 Å². The lowest BCUT2D eigenvalue weighted by atomic mass is 10.1. The Morgan fingerprint density at radius 2 is 1.42 bits per heavy atom. The van der Waals surface area contributed by atoms with Crippen LogP contribution in [0.25, 0.3) is 0 Å². The van der Waals surface area contributed by atoms with Gasteiger partial charge in [-0.05, 0) is 17.5 Å². The van der Waals surface area contributed by atoms with E-state index in [0.29, 0.717) is 13.0 Å². The molecular formula is C16H18NO2. The van der Waals surface area contributed by atoms with Gasteiger partial charge in [0.2, 0.25) is 0 Å². The average molecular weight is 256 g/mol. The molecule has 0 aliphatic rings. The molecule has 0 bridgehead atoms. The Hall–Kier alpha value is -1.68. The van der Waals surface area contributed by atoms with Crippen LogP contribution in [0.4, 0.5) is 0 Å². The van der Waals surface area contributed by atoms with Crippen LogP contribution in [0.2, 0.25) is 0 Å². The predicted octanol–water partition coefficient (Wildman–Crippen LogP) is 2.44. The molecule has 0 saturated heterocycles. The first-order chi connectivity index (χ1) is 9.29. The summed E-state index contributed by atoms with van der Waals surface area (Å²) in [6.45, 7) is 0.171. The second-order valence-electron chi connectivity index (χ2n) is 4.59. The highest BCUT2D eigenvalue weighted by Crippen LogP contribution is 2.11. The molecule has 19 heavy (non-hydrogen) atoms. The minimum Gasteiger partial charge on any atom is -0.395 e. The quantitative estimate of drug-likeness (QED) is 0.807. The van der Waals surface area contributed by atoms with E-state index in [-0.39, 0.29) is 6.61 Å². The maximum absolute atomic E-state index is 12.1. The fourth-order valence-corrected chi connectivity index (χ4v) is 2.04. The van der Waals surface area contributed by atoms with Gasteiger partial charge in [0.1, 0.15) is 0 Å². The van der Waals surface area contributed by atoms with Gasteiger partial charge in [-0.2, -0.15) is 0 Å². The van der Waals surface area contributed by atoms with Gasteiger partial charge in [-0.3, -0.25) is 0 Å². The van der Waals surface area contributed by atoms with E-state index in [0.717, 1.165) is 16.2 Å². The SMILES string of the molecule is [O]N(Cc1ccccc1)[C@@H](CO)Cc1ccccc1. The first-order valence-corrected chi connectivity index (χ1v) is 6.42. The van der Waals surface area contributed by atoms with Crippen LogP contribution in [0.5, 0.6) is 0 Å². The highest BCUT2D eigenvalue weighted by Gasteiger charge is 2.18. The zero-order valence-electron chi connectivity index (χ0n) is 10.8. The van der Waals surface area contributed by atoms with E-state index in [1.54, 1.807) is 0 Å². The number of hydrogen-bond donors (Lipinski definition) is 1. The van der Waals surface area contributed by atoms with Gasteiger partial charge < -0.3 is 5.11 Å². The molecule has 0 aromatic heterocycles. The smallest absolute Gasteiger partial charge is 0.0658 e. The van der Waals surface area contributed by atoms with Gasteiger partial charge >= 0.3 is 0 Å². The Morgan fingerprint density at radius 3 is 1.95 bits per heavy atom. The van der Waals surface area contributed by atoms with Crippen LogP contribution >= 0.6 is 0 Å². The van der Waals surface area contributed by atoms with Crippen molar-refractivity contribution in [3.8, 4) is 0 Å². The molecule has 3 nitrogen and oxygen atoms in total. The largest absolute Gasteiger partial charge is 0.395 e. The molecular weight excluding hydrogens is 238 g/mol. The van der Waals surface area contributed by atoms with Crippen LogP contribution in [0.1, 0.15) is 11.1 Å². The van der Waals surface area contributed by atoms with Crippen molar-refractivity contribution in [3.63, 3.8) is 0 Å². The topological polar surface area (TPSA) is 43.4 Å². The van der Waals surface area contributed by atoms with E-state index >= 15 is 0 Å². The van der Waals surface area contributed by atoms with E-state index < -0.39 is 6.04 Å². The van der Waals surface area contributed by atoms with Crippen LogP contribution in [-0.2, 0) is 18.2 Å². The van der Waals surface area contributed by atoms with Crippen molar-refractivity contribution in [2.45, 2.75) is 19.0 Å². The van der Waals surface area contributed by atoms with Crippen LogP contribution in [0.15, 0.2) is 60.7 Å². The van der Waals surface area contributed by atoms with E-state index in [1.807, 2.05) is 60.7 Å². The molecule has 0 heterocycles. The first-order valence-electron chi connectivity index (χ1n) is 6.42. The Balaban J connectivity index is 1.97. The predicted molar refractivity (Wildman–Crippen MR) is 73.7 cm³/mol. The van der Waals surface area contributed by atoms with E-state index in [1.165, 1.54) is 0 Å². The number of hydroxylamine groups is 2. The maximum Gasteiger partial charge on any atom is 0.0658 e. The van der Waals surface area contributed by atoms with Crippen molar-refractivity contribution in [1.82, 2.24) is 5.06 Å². The van der Waals surface area contributed by atoms with E-state index in [2.05, 4.69) is 0 Å². The molecule has 0 amide bonds. The summed E-state index contributed by atoms with van der Waals surface area (Å²) in [4.78, 5) is 0. The normalized spacial score (nSPS) is 12.6. The summed E-state index contributed by atoms with van der Waals surface area (Å²) in [5, 5.41) is 22.5. The third-order valence-electron chi connectivity index (χ3n) is 3.11. The molecule has 1 atom stereocenters. The number of rotatable bonds is 6. The molecule has 0 spiro atoms. The molecule has 2 rings (SSSR count). The van der Waals surface area contributed by atoms with Gasteiger partial charge in [0.15, 0.2) is 0 Å². The zero-order valence-corrected chi connectivity index (χ0v) is 10.8. The lowest BCUT2D eigenvalue weighted by molar-refractivity contribution is -0.201. The van der Waals surface area contributed by atoms with Crippen LogP contribution in [0, 0.1) is 0 Å². The third-order valence-corrected chi connectivity index (χ3v) is 3.11. The molecule has 1 N–H and O–H groups in total. The Bertz CT molecular complexity index is 473. The van der Waals surface area contributed by atoms with Gasteiger partial charge in [0.05, 0.1) is 19.2 Å². The highest BCUT2D eigenvalue weighted by molar-refractivity contribution is 5.17. The van der Waals surface area contributed by atoms with Gasteiger partial charge in [0.25, 0.3) is 0 Å². The molecule has 0 saturated carbocycles. The number of aliphatic hydroxyl groups excluding tert-OH is 1. The molecule has 2 aromatic carbocycles. The Kier molecular flexibility index (Phi) is 5.10. The molecule has 2 aromatic rings. The summed E-state index contributed by atoms with van der Waals surface area (Å²) in [6.07, 6.45) is 0.563. The van der Waals surface area contributed by atoms with Crippen molar-refractivity contribution in [2.24, 2.45) is 0 Å². The summed E-state index contributed by atoms with van der Waals surface area (Å²) in [5.41, 5.74) is 2.03. The Morgan fingerprint density at radius 1 is 0.895 bits per heavy atom. The number of benzene rings is 2. The first kappa shape index (κ1) is 13.7. The zero-order chi connectivity index (χ0) is 13.5. The number of nitrogens with zero attached hydrogens (tertiary/aromatic N) is 1. The number of hydrogen-bond acceptors (Lipinski definition) is 2. The molecule has 0 aliphatic heterocycles. The molecule has 0 aliphatic carbocycles. The molecule has 3 heteroatoms. The third kappa shape index (κ3) is 4.17. The van der Waals surface area contributed by atoms with Crippen molar-refractivity contribution in [2.75, 3.05) is 6.61 Å². The van der Waals surface area contributed by atoms with Crippen molar-refractivity contribution >= 4 is 0 Å². The maximum atomic E-state index is 12.1. The molecule has 99 valence electrons. The van der Waals surface area contributed by atoms with Gasteiger partial charge in [-0.25, -0.2) is 0 Å². The summed E-state index contributed by atoms with van der Waals surface area (Å²) < 4.78 is 0. The summed E-state index contributed by atoms with van der Waals surface area (Å²) in [5.74, 6) is 0. The molecule has 0 unspecified atom stereocenters. The fraction of sp³-hybridized carbons (Fsp3) is 0.250. The lowest BCUT2D eigenvalue weighted by Crippen LogP contribution is -2.35. The number of aliphatic hydroxyl groups is 1. The average Bonchev–Trinajstić information content (AvgIpc) is 2.47. The second-order valence-corrected chi connectivity index (χ2v) is 4.59. The Labute approximate surface area is 113 Å². The van der Waals surface area contributed by atoms with Crippen molar-refractivity contribution in [3.05, 3.63) is 71.8 Å². The minimum atomic E-state index is -0.400. The van der Waals surface area contributed by atoms with Crippen molar-refractivity contribution < 1.29 is 10.3 Å². The molecule has 1 radical (unpaired) electrons. The standard InChI is InChI=1S/C16H18NO2/c18-13-16(11-14-7-3-1-4-8-14)17(19)12-15-9-5-2-6-10-15/h1-10,16,18H,11-13H2/t16-/m1/s1. The van der Waals surface area contributed by atoms with Crippen molar-refractivity contribution in [1.29, 1.82) is 0 Å². The summed E-state index contributed by atoms with van der Waals surface area (Å²) in [7, 11) is 0. The summed E-state index contributed by atoms with van der Waals surface area (Å²) in [6, 6.07) is 18.9. The monoisotopic (exact) mass is 256 g/mol. The van der Waals surface area contributed by atoms with Gasteiger partial charge in [0, 0.05) is 0 Å². The fourth-order valence-electron chi connectivity index (χ4n) is 2.04. The summed E-state index contributed by atoms with van der Waals surface area (Å²) >= 11 is 0. The van der Waals surface area contributed by atoms with E-state index in [4.69, 9.17) is 0 Å². The minimum absolute atomic E-state index is 0.134.